The van der Waals surface area contributed by atoms with Crippen LogP contribution in [-0.4, -0.2) is 45.9 Å². The van der Waals surface area contributed by atoms with Gasteiger partial charge in [-0.1, -0.05) is 6.92 Å². The van der Waals surface area contributed by atoms with Crippen LogP contribution in [0.1, 0.15) is 29.4 Å². The Hall–Kier alpha value is -4.21. The number of nitrogens with zero attached hydrogens (tertiary/aromatic N) is 3. The number of nitrogens with one attached hydrogen (secondary N) is 1. The zero-order valence-electron chi connectivity index (χ0n) is 20.1. The molecule has 0 atom stereocenters. The number of anilines is 1. The highest BCUT2D eigenvalue weighted by Gasteiger charge is 2.20. The highest BCUT2D eigenvalue weighted by molar-refractivity contribution is 5.92. The van der Waals surface area contributed by atoms with Gasteiger partial charge in [-0.3, -0.25) is 0 Å². The number of aryl methyl sites for hydroxylation is 1. The second-order valence-electron chi connectivity index (χ2n) is 8.18. The van der Waals surface area contributed by atoms with Gasteiger partial charge in [0.1, 0.15) is 40.8 Å². The lowest BCUT2D eigenvalue weighted by atomic mass is 10.1. The number of hydrogen-bond donors (Lipinski definition) is 2. The molecule has 0 saturated carbocycles. The number of carboxylic acid groups (broad SMARTS) is 1. The number of rotatable bonds is 10. The lowest BCUT2D eigenvalue weighted by Crippen LogP contribution is -2.12. The molecule has 0 saturated heterocycles. The number of halogens is 2. The molecule has 0 aliphatic heterocycles. The highest BCUT2D eigenvalue weighted by Crippen LogP contribution is 2.31. The van der Waals surface area contributed by atoms with Crippen molar-refractivity contribution in [3.8, 4) is 22.8 Å². The summed E-state index contributed by atoms with van der Waals surface area (Å²) < 4.78 is 41.5. The summed E-state index contributed by atoms with van der Waals surface area (Å²) in [6.07, 6.45) is 1.98. The van der Waals surface area contributed by atoms with E-state index >= 15 is 0 Å². The SMILES string of the molecule is CCCOc1cc(-c2cc(NCCn3c(C)cc4c(OC)cc(F)cc43)ncn2)cc(F)c1C(=O)O. The van der Waals surface area contributed by atoms with E-state index in [0.29, 0.717) is 42.3 Å². The van der Waals surface area contributed by atoms with Gasteiger partial charge in [0, 0.05) is 41.9 Å². The molecule has 8 nitrogen and oxygen atoms in total. The van der Waals surface area contributed by atoms with Crippen molar-refractivity contribution in [2.45, 2.75) is 26.8 Å². The number of ether oxygens (including phenoxy) is 2. The van der Waals surface area contributed by atoms with Gasteiger partial charge >= 0.3 is 5.97 Å². The molecule has 2 aromatic heterocycles. The van der Waals surface area contributed by atoms with Crippen molar-refractivity contribution in [1.29, 1.82) is 0 Å². The first-order chi connectivity index (χ1) is 17.3. The van der Waals surface area contributed by atoms with Crippen LogP contribution in [0.3, 0.4) is 0 Å². The van der Waals surface area contributed by atoms with Gasteiger partial charge in [0.15, 0.2) is 0 Å². The van der Waals surface area contributed by atoms with Crippen LogP contribution in [0.25, 0.3) is 22.2 Å². The minimum Gasteiger partial charge on any atom is -0.496 e. The molecule has 2 N–H and O–H groups in total. The van der Waals surface area contributed by atoms with Gasteiger partial charge in [-0.2, -0.15) is 0 Å². The molecule has 0 bridgehead atoms. The normalized spacial score (nSPS) is 11.0. The van der Waals surface area contributed by atoms with Crippen molar-refractivity contribution in [2.75, 3.05) is 25.6 Å². The summed E-state index contributed by atoms with van der Waals surface area (Å²) in [4.78, 5) is 19.9. The van der Waals surface area contributed by atoms with Crippen LogP contribution < -0.4 is 14.8 Å². The summed E-state index contributed by atoms with van der Waals surface area (Å²) >= 11 is 0. The predicted octanol–water partition coefficient (Wildman–Crippen LogP) is 5.29. The molecule has 188 valence electrons. The van der Waals surface area contributed by atoms with E-state index in [-0.39, 0.29) is 18.2 Å². The number of hydrogen-bond acceptors (Lipinski definition) is 6. The number of aromatic carboxylic acids is 1. The minimum atomic E-state index is -1.40. The van der Waals surface area contributed by atoms with Crippen LogP contribution in [0, 0.1) is 18.6 Å². The molecule has 0 aliphatic carbocycles. The number of fused-ring (bicyclic) bond motifs is 1. The second-order valence-corrected chi connectivity index (χ2v) is 8.18. The minimum absolute atomic E-state index is 0.0508. The number of aromatic nitrogens is 3. The van der Waals surface area contributed by atoms with Crippen LogP contribution in [0.4, 0.5) is 14.6 Å². The van der Waals surface area contributed by atoms with Crippen molar-refractivity contribution in [1.82, 2.24) is 14.5 Å². The maximum Gasteiger partial charge on any atom is 0.342 e. The average molecular weight is 497 g/mol. The van der Waals surface area contributed by atoms with Gasteiger partial charge in [-0.05, 0) is 37.6 Å². The second kappa shape index (κ2) is 10.6. The van der Waals surface area contributed by atoms with E-state index in [1.807, 2.05) is 24.5 Å². The van der Waals surface area contributed by atoms with Crippen LogP contribution >= 0.6 is 0 Å². The third-order valence-electron chi connectivity index (χ3n) is 5.71. The first-order valence-electron chi connectivity index (χ1n) is 11.4. The van der Waals surface area contributed by atoms with Crippen LogP contribution in [0.2, 0.25) is 0 Å². The van der Waals surface area contributed by atoms with E-state index in [2.05, 4.69) is 15.3 Å². The molecule has 2 aromatic carbocycles. The molecule has 4 aromatic rings. The van der Waals surface area contributed by atoms with Crippen molar-refractivity contribution < 1.29 is 28.2 Å². The monoisotopic (exact) mass is 496 g/mol. The number of methoxy groups -OCH3 is 1. The average Bonchev–Trinajstić information content (AvgIpc) is 3.16. The fourth-order valence-corrected chi connectivity index (χ4v) is 4.06. The number of carboxylic acids is 1. The molecule has 0 spiro atoms. The van der Waals surface area contributed by atoms with Gasteiger partial charge < -0.3 is 24.5 Å². The van der Waals surface area contributed by atoms with Crippen molar-refractivity contribution in [3.63, 3.8) is 0 Å². The zero-order valence-corrected chi connectivity index (χ0v) is 20.1. The Balaban J connectivity index is 1.55. The largest absolute Gasteiger partial charge is 0.496 e. The first kappa shape index (κ1) is 24.9. The molecule has 10 heteroatoms. The van der Waals surface area contributed by atoms with Crippen LogP contribution in [0.15, 0.2) is 42.7 Å². The molecule has 36 heavy (non-hydrogen) atoms. The molecule has 0 aliphatic rings. The Morgan fingerprint density at radius 1 is 1.11 bits per heavy atom. The summed E-state index contributed by atoms with van der Waals surface area (Å²) in [6, 6.07) is 9.00. The molecular weight excluding hydrogens is 470 g/mol. The fourth-order valence-electron chi connectivity index (χ4n) is 4.06. The topological polar surface area (TPSA) is 98.5 Å². The first-order valence-corrected chi connectivity index (χ1v) is 11.4. The summed E-state index contributed by atoms with van der Waals surface area (Å²) in [5, 5.41) is 13.4. The third-order valence-corrected chi connectivity index (χ3v) is 5.71. The Labute approximate surface area is 206 Å². The Kier molecular flexibility index (Phi) is 7.33. The molecule has 2 heterocycles. The quantitative estimate of drug-likeness (QED) is 0.308. The Morgan fingerprint density at radius 2 is 1.92 bits per heavy atom. The number of benzene rings is 2. The van der Waals surface area contributed by atoms with E-state index in [4.69, 9.17) is 9.47 Å². The van der Waals surface area contributed by atoms with E-state index in [1.54, 1.807) is 6.07 Å². The maximum atomic E-state index is 14.6. The lowest BCUT2D eigenvalue weighted by molar-refractivity contribution is 0.0687. The van der Waals surface area contributed by atoms with Crippen molar-refractivity contribution in [3.05, 3.63) is 65.6 Å². The highest BCUT2D eigenvalue weighted by atomic mass is 19.1. The van der Waals surface area contributed by atoms with Crippen molar-refractivity contribution in [2.24, 2.45) is 0 Å². The van der Waals surface area contributed by atoms with E-state index in [9.17, 15) is 18.7 Å². The molecule has 4 rings (SSSR count). The summed E-state index contributed by atoms with van der Waals surface area (Å²) in [5.74, 6) is -1.77. The van der Waals surface area contributed by atoms with Crippen molar-refractivity contribution >= 4 is 22.7 Å². The molecule has 0 fully saturated rings. The van der Waals surface area contributed by atoms with Gasteiger partial charge in [-0.25, -0.2) is 23.5 Å². The molecule has 0 amide bonds. The van der Waals surface area contributed by atoms with E-state index in [1.165, 1.54) is 31.6 Å². The smallest absolute Gasteiger partial charge is 0.342 e. The fraction of sp³-hybridized carbons (Fsp3) is 0.269. The lowest BCUT2D eigenvalue weighted by Gasteiger charge is -2.13. The summed E-state index contributed by atoms with van der Waals surface area (Å²) in [5.41, 5.74) is 1.93. The predicted molar refractivity (Wildman–Crippen MR) is 132 cm³/mol. The molecule has 0 unspecified atom stereocenters. The maximum absolute atomic E-state index is 14.6. The third kappa shape index (κ3) is 5.07. The Bertz CT molecular complexity index is 1420. The zero-order chi connectivity index (χ0) is 25.8. The standard InChI is InChI=1S/C26H26F2N4O4/c1-4-7-36-23-10-16(9-19(28)25(23)26(33)34)20-13-24(31-14-30-20)29-5-6-32-15(2)8-18-21(32)11-17(27)12-22(18)35-3/h8-14H,4-7H2,1-3H3,(H,33,34)(H,29,30,31). The summed E-state index contributed by atoms with van der Waals surface area (Å²) in [7, 11) is 1.51. The van der Waals surface area contributed by atoms with E-state index in [0.717, 1.165) is 22.7 Å². The van der Waals surface area contributed by atoms with Gasteiger partial charge in [0.05, 0.1) is 24.9 Å². The van der Waals surface area contributed by atoms with Gasteiger partial charge in [0.25, 0.3) is 0 Å². The van der Waals surface area contributed by atoms with Gasteiger partial charge in [-0.15, -0.1) is 0 Å². The van der Waals surface area contributed by atoms with E-state index < -0.39 is 17.3 Å². The molecular formula is C26H26F2N4O4. The Morgan fingerprint density at radius 3 is 2.64 bits per heavy atom. The van der Waals surface area contributed by atoms with Crippen LogP contribution in [0.5, 0.6) is 11.5 Å². The summed E-state index contributed by atoms with van der Waals surface area (Å²) in [6.45, 7) is 5.06. The van der Waals surface area contributed by atoms with Gasteiger partial charge in [0.2, 0.25) is 0 Å². The number of carbonyl (C=O) groups is 1. The van der Waals surface area contributed by atoms with Crippen LogP contribution in [-0.2, 0) is 6.54 Å². The molecule has 0 radical (unpaired) electrons.